The van der Waals surface area contributed by atoms with Crippen LogP contribution in [0, 0.1) is 24.2 Å². The number of rotatable bonds is 2. The molecule has 60 valence electrons. The Hall–Kier alpha value is -0.770. The van der Waals surface area contributed by atoms with Crippen molar-refractivity contribution in [3.8, 4) is 12.3 Å². The number of carbonyl (C=O) groups is 1. The molecule has 0 radical (unpaired) electrons. The van der Waals surface area contributed by atoms with Gasteiger partial charge in [-0.05, 0) is 18.8 Å². The molecule has 1 aliphatic carbocycles. The lowest BCUT2D eigenvalue weighted by Gasteiger charge is -2.11. The fourth-order valence-corrected chi connectivity index (χ4v) is 1.86. The summed E-state index contributed by atoms with van der Waals surface area (Å²) in [4.78, 5) is 11.3. The van der Waals surface area contributed by atoms with Crippen LogP contribution in [0.5, 0.6) is 0 Å². The van der Waals surface area contributed by atoms with E-state index >= 15 is 0 Å². The smallest absolute Gasteiger partial charge is 0.148 e. The van der Waals surface area contributed by atoms with Crippen molar-refractivity contribution in [2.45, 2.75) is 32.6 Å². The number of terminal acetylenes is 1. The molecule has 0 saturated heterocycles. The van der Waals surface area contributed by atoms with E-state index in [0.29, 0.717) is 12.3 Å². The highest BCUT2D eigenvalue weighted by molar-refractivity contribution is 5.83. The van der Waals surface area contributed by atoms with Gasteiger partial charge >= 0.3 is 0 Å². The van der Waals surface area contributed by atoms with Crippen molar-refractivity contribution in [3.63, 3.8) is 0 Å². The second-order valence-electron chi connectivity index (χ2n) is 3.36. The van der Waals surface area contributed by atoms with E-state index in [2.05, 4.69) is 12.8 Å². The van der Waals surface area contributed by atoms with Crippen LogP contribution in [0.2, 0.25) is 0 Å². The molecular formula is C10H14O. The summed E-state index contributed by atoms with van der Waals surface area (Å²) in [5.41, 5.74) is 0. The molecule has 0 heterocycles. The highest BCUT2D eigenvalue weighted by Gasteiger charge is 2.28. The number of hydrogen-bond donors (Lipinski definition) is 0. The first-order chi connectivity index (χ1) is 5.25. The maximum Gasteiger partial charge on any atom is 0.148 e. The molecule has 1 aliphatic rings. The van der Waals surface area contributed by atoms with E-state index in [0.717, 1.165) is 6.42 Å². The lowest BCUT2D eigenvalue weighted by atomic mass is 9.92. The fourth-order valence-electron chi connectivity index (χ4n) is 1.86. The standard InChI is InChI=1S/C10H14O/c1-3-5-10(11)9-7-4-6-8(9)2/h1,8-9H,4-7H2,2H3. The van der Waals surface area contributed by atoms with Gasteiger partial charge in [-0.1, -0.05) is 19.3 Å². The van der Waals surface area contributed by atoms with Gasteiger partial charge in [0.25, 0.3) is 0 Å². The Labute approximate surface area is 68.2 Å². The fraction of sp³-hybridized carbons (Fsp3) is 0.700. The van der Waals surface area contributed by atoms with Crippen molar-refractivity contribution < 1.29 is 4.79 Å². The van der Waals surface area contributed by atoms with Crippen LogP contribution in [0.4, 0.5) is 0 Å². The Bertz CT molecular complexity index is 188. The third-order valence-electron chi connectivity index (χ3n) is 2.55. The summed E-state index contributed by atoms with van der Waals surface area (Å²) in [5, 5.41) is 0. The monoisotopic (exact) mass is 150 g/mol. The van der Waals surface area contributed by atoms with Crippen molar-refractivity contribution in [2.75, 3.05) is 0 Å². The average Bonchev–Trinajstić information content (AvgIpc) is 2.36. The molecule has 0 aromatic carbocycles. The summed E-state index contributed by atoms with van der Waals surface area (Å²) in [6.07, 6.45) is 8.85. The minimum absolute atomic E-state index is 0.269. The van der Waals surface area contributed by atoms with Gasteiger partial charge in [0.15, 0.2) is 0 Å². The van der Waals surface area contributed by atoms with Gasteiger partial charge in [-0.15, -0.1) is 6.42 Å². The van der Waals surface area contributed by atoms with Gasteiger partial charge in [0.2, 0.25) is 0 Å². The number of Topliss-reactive ketones (excluding diaryl/α,β-unsaturated/α-hetero) is 1. The second-order valence-corrected chi connectivity index (χ2v) is 3.36. The molecule has 0 aromatic heterocycles. The molecule has 2 unspecified atom stereocenters. The van der Waals surface area contributed by atoms with Gasteiger partial charge in [-0.25, -0.2) is 0 Å². The van der Waals surface area contributed by atoms with Crippen LogP contribution in [0.3, 0.4) is 0 Å². The van der Waals surface area contributed by atoms with E-state index in [1.165, 1.54) is 12.8 Å². The van der Waals surface area contributed by atoms with Crippen molar-refractivity contribution in [2.24, 2.45) is 11.8 Å². The Morgan fingerprint density at radius 2 is 2.36 bits per heavy atom. The molecule has 0 bridgehead atoms. The molecule has 1 heteroatoms. The third kappa shape index (κ3) is 1.83. The maximum absolute atomic E-state index is 11.3. The molecule has 0 spiro atoms. The van der Waals surface area contributed by atoms with E-state index in [4.69, 9.17) is 6.42 Å². The minimum Gasteiger partial charge on any atom is -0.298 e. The molecule has 1 nitrogen and oxygen atoms in total. The molecule has 1 saturated carbocycles. The minimum atomic E-state index is 0.269. The summed E-state index contributed by atoms with van der Waals surface area (Å²) in [5.74, 6) is 3.53. The van der Waals surface area contributed by atoms with Crippen LogP contribution in [0.25, 0.3) is 0 Å². The van der Waals surface area contributed by atoms with Crippen molar-refractivity contribution in [1.29, 1.82) is 0 Å². The predicted octanol–water partition coefficient (Wildman–Crippen LogP) is 2.02. The van der Waals surface area contributed by atoms with Crippen LogP contribution in [0.15, 0.2) is 0 Å². The van der Waals surface area contributed by atoms with Crippen LogP contribution >= 0.6 is 0 Å². The number of ketones is 1. The summed E-state index contributed by atoms with van der Waals surface area (Å²) in [6.45, 7) is 2.14. The highest BCUT2D eigenvalue weighted by atomic mass is 16.1. The van der Waals surface area contributed by atoms with Gasteiger partial charge in [0.1, 0.15) is 5.78 Å². The molecular weight excluding hydrogens is 136 g/mol. The predicted molar refractivity (Wildman–Crippen MR) is 45.0 cm³/mol. The molecule has 0 amide bonds. The lowest BCUT2D eigenvalue weighted by molar-refractivity contribution is -0.122. The first-order valence-corrected chi connectivity index (χ1v) is 4.22. The summed E-state index contributed by atoms with van der Waals surface area (Å²) in [7, 11) is 0. The normalized spacial score (nSPS) is 29.8. The van der Waals surface area contributed by atoms with E-state index < -0.39 is 0 Å². The van der Waals surface area contributed by atoms with Gasteiger partial charge in [0.05, 0.1) is 6.42 Å². The van der Waals surface area contributed by atoms with E-state index in [-0.39, 0.29) is 11.7 Å². The topological polar surface area (TPSA) is 17.1 Å². The Kier molecular flexibility index (Phi) is 2.70. The highest BCUT2D eigenvalue weighted by Crippen LogP contribution is 2.32. The van der Waals surface area contributed by atoms with Gasteiger partial charge in [-0.3, -0.25) is 4.79 Å². The second kappa shape index (κ2) is 3.57. The molecule has 0 aromatic rings. The van der Waals surface area contributed by atoms with Crippen molar-refractivity contribution >= 4 is 5.78 Å². The molecule has 1 rings (SSSR count). The zero-order valence-electron chi connectivity index (χ0n) is 6.97. The van der Waals surface area contributed by atoms with E-state index in [1.807, 2.05) is 0 Å². The van der Waals surface area contributed by atoms with E-state index in [9.17, 15) is 4.79 Å². The SMILES string of the molecule is C#CCC(=O)C1CCCC1C. The Balaban J connectivity index is 2.47. The molecule has 11 heavy (non-hydrogen) atoms. The zero-order chi connectivity index (χ0) is 8.27. The number of hydrogen-bond acceptors (Lipinski definition) is 1. The largest absolute Gasteiger partial charge is 0.298 e. The third-order valence-corrected chi connectivity index (χ3v) is 2.55. The Morgan fingerprint density at radius 1 is 1.64 bits per heavy atom. The molecule has 2 atom stereocenters. The van der Waals surface area contributed by atoms with Crippen molar-refractivity contribution in [1.82, 2.24) is 0 Å². The van der Waals surface area contributed by atoms with Crippen LogP contribution in [0.1, 0.15) is 32.6 Å². The van der Waals surface area contributed by atoms with Gasteiger partial charge < -0.3 is 0 Å². The van der Waals surface area contributed by atoms with Crippen LogP contribution < -0.4 is 0 Å². The molecule has 0 N–H and O–H groups in total. The van der Waals surface area contributed by atoms with Gasteiger partial charge in [0, 0.05) is 5.92 Å². The average molecular weight is 150 g/mol. The van der Waals surface area contributed by atoms with Crippen LogP contribution in [-0.2, 0) is 4.79 Å². The lowest BCUT2D eigenvalue weighted by Crippen LogP contribution is -2.15. The number of carbonyl (C=O) groups excluding carboxylic acids is 1. The molecule has 0 aliphatic heterocycles. The summed E-state index contributed by atoms with van der Waals surface area (Å²) in [6, 6.07) is 0. The maximum atomic E-state index is 11.3. The quantitative estimate of drug-likeness (QED) is 0.550. The first kappa shape index (κ1) is 8.33. The summed E-state index contributed by atoms with van der Waals surface area (Å²) < 4.78 is 0. The van der Waals surface area contributed by atoms with Gasteiger partial charge in [-0.2, -0.15) is 0 Å². The Morgan fingerprint density at radius 3 is 2.82 bits per heavy atom. The summed E-state index contributed by atoms with van der Waals surface area (Å²) >= 11 is 0. The van der Waals surface area contributed by atoms with Crippen LogP contribution in [-0.4, -0.2) is 5.78 Å². The zero-order valence-corrected chi connectivity index (χ0v) is 6.97. The first-order valence-electron chi connectivity index (χ1n) is 4.22. The van der Waals surface area contributed by atoms with E-state index in [1.54, 1.807) is 0 Å². The molecule has 1 fully saturated rings. The van der Waals surface area contributed by atoms with Crippen molar-refractivity contribution in [3.05, 3.63) is 0 Å².